The Hall–Kier alpha value is -2.63. The van der Waals surface area contributed by atoms with E-state index in [2.05, 4.69) is 9.80 Å². The Kier molecular flexibility index (Phi) is 6.52. The summed E-state index contributed by atoms with van der Waals surface area (Å²) >= 11 is 6.31. The summed E-state index contributed by atoms with van der Waals surface area (Å²) in [5, 5.41) is 0.685. The first kappa shape index (κ1) is 22.2. The fourth-order valence-electron chi connectivity index (χ4n) is 5.29. The molecule has 2 saturated heterocycles. The summed E-state index contributed by atoms with van der Waals surface area (Å²) in [6.45, 7) is 3.29. The lowest BCUT2D eigenvalue weighted by Gasteiger charge is -2.47. The molecule has 0 bridgehead atoms. The molecule has 0 N–H and O–H groups in total. The van der Waals surface area contributed by atoms with Gasteiger partial charge in [0.1, 0.15) is 17.3 Å². The number of hydrogen-bond acceptors (Lipinski definition) is 3. The molecule has 3 heterocycles. The van der Waals surface area contributed by atoms with Crippen molar-refractivity contribution < 1.29 is 13.6 Å². The van der Waals surface area contributed by atoms with Crippen LogP contribution in [0, 0.1) is 11.7 Å². The first-order chi connectivity index (χ1) is 16.1. The number of nitrogens with zero attached hydrogens (tertiary/aromatic N) is 2. The molecule has 2 fully saturated rings. The number of piperidine rings is 2. The third kappa shape index (κ3) is 4.99. The number of rotatable bonds is 6. The van der Waals surface area contributed by atoms with Crippen LogP contribution < -0.4 is 0 Å². The van der Waals surface area contributed by atoms with Crippen LogP contribution in [0.1, 0.15) is 30.6 Å². The number of benzene rings is 2. The van der Waals surface area contributed by atoms with E-state index in [0.29, 0.717) is 30.3 Å². The summed E-state index contributed by atoms with van der Waals surface area (Å²) in [4.78, 5) is 17.2. The van der Waals surface area contributed by atoms with E-state index in [9.17, 15) is 9.18 Å². The number of fused-ring (bicyclic) bond motifs is 1. The molecule has 0 aliphatic carbocycles. The van der Waals surface area contributed by atoms with E-state index in [1.165, 1.54) is 6.07 Å². The summed E-state index contributed by atoms with van der Waals surface area (Å²) in [6, 6.07) is 18.7. The standard InChI is InChI=1S/C27H28ClFN2O2/c28-24-7-2-1-6-23(24)26-10-9-22(33-26)18-30-14-13-25-20(17-30)8-11-27(32)31(25)15-12-19-4-3-5-21(29)16-19/h1-7,9-10,16,20,25H,8,11-15,17-18H2/t20-,25+/m1/s1. The van der Waals surface area contributed by atoms with Crippen LogP contribution >= 0.6 is 11.6 Å². The number of carbonyl (C=O) groups excluding carboxylic acids is 1. The van der Waals surface area contributed by atoms with E-state index >= 15 is 0 Å². The number of likely N-dealkylation sites (tertiary alicyclic amines) is 2. The van der Waals surface area contributed by atoms with Crippen molar-refractivity contribution in [2.75, 3.05) is 19.6 Å². The number of furan rings is 1. The van der Waals surface area contributed by atoms with Crippen LogP contribution in [0.3, 0.4) is 0 Å². The van der Waals surface area contributed by atoms with E-state index in [1.807, 2.05) is 42.5 Å². The Morgan fingerprint density at radius 2 is 1.94 bits per heavy atom. The summed E-state index contributed by atoms with van der Waals surface area (Å²) in [7, 11) is 0. The number of carbonyl (C=O) groups is 1. The van der Waals surface area contributed by atoms with Gasteiger partial charge in [0.15, 0.2) is 0 Å². The van der Waals surface area contributed by atoms with Crippen LogP contribution in [-0.4, -0.2) is 41.4 Å². The molecule has 3 aromatic rings. The molecule has 0 radical (unpaired) electrons. The molecule has 6 heteroatoms. The summed E-state index contributed by atoms with van der Waals surface area (Å²) in [5.41, 5.74) is 1.85. The number of halogens is 2. The van der Waals surface area contributed by atoms with Gasteiger partial charge in [-0.05, 0) is 67.1 Å². The average Bonchev–Trinajstić information content (AvgIpc) is 3.27. The van der Waals surface area contributed by atoms with Gasteiger partial charge in [0.05, 0.1) is 11.6 Å². The summed E-state index contributed by atoms with van der Waals surface area (Å²) in [5.74, 6) is 2.19. The molecule has 2 aliphatic heterocycles. The van der Waals surface area contributed by atoms with Gasteiger partial charge < -0.3 is 9.32 Å². The maximum Gasteiger partial charge on any atom is 0.222 e. The molecular formula is C27H28ClFN2O2. The second-order valence-electron chi connectivity index (χ2n) is 9.10. The minimum absolute atomic E-state index is 0.223. The molecule has 2 aromatic carbocycles. The minimum Gasteiger partial charge on any atom is -0.460 e. The van der Waals surface area contributed by atoms with Gasteiger partial charge in [0.2, 0.25) is 5.91 Å². The first-order valence-electron chi connectivity index (χ1n) is 11.7. The van der Waals surface area contributed by atoms with Crippen LogP contribution in [-0.2, 0) is 17.8 Å². The molecule has 0 unspecified atom stereocenters. The van der Waals surface area contributed by atoms with Gasteiger partial charge in [-0.25, -0.2) is 4.39 Å². The van der Waals surface area contributed by atoms with Gasteiger partial charge in [-0.15, -0.1) is 0 Å². The molecular weight excluding hydrogens is 439 g/mol. The Balaban J connectivity index is 1.20. The van der Waals surface area contributed by atoms with Crippen LogP contribution in [0.4, 0.5) is 4.39 Å². The predicted octanol–water partition coefficient (Wildman–Crippen LogP) is 5.79. The topological polar surface area (TPSA) is 36.7 Å². The third-order valence-electron chi connectivity index (χ3n) is 6.94. The molecule has 2 aliphatic rings. The molecule has 5 rings (SSSR count). The summed E-state index contributed by atoms with van der Waals surface area (Å²) < 4.78 is 19.6. The zero-order valence-electron chi connectivity index (χ0n) is 18.6. The monoisotopic (exact) mass is 466 g/mol. The normalized spacial score (nSPS) is 21.3. The second-order valence-corrected chi connectivity index (χ2v) is 9.51. The quantitative estimate of drug-likeness (QED) is 0.461. The predicted molar refractivity (Wildman–Crippen MR) is 127 cm³/mol. The van der Waals surface area contributed by atoms with E-state index in [-0.39, 0.29) is 17.8 Å². The lowest BCUT2D eigenvalue weighted by molar-refractivity contribution is -0.141. The molecule has 1 amide bonds. The fraction of sp³-hybridized carbons (Fsp3) is 0.370. The van der Waals surface area contributed by atoms with Crippen molar-refractivity contribution in [2.24, 2.45) is 5.92 Å². The van der Waals surface area contributed by atoms with Crippen LogP contribution in [0.25, 0.3) is 11.3 Å². The van der Waals surface area contributed by atoms with Crippen molar-refractivity contribution in [2.45, 2.75) is 38.3 Å². The average molecular weight is 467 g/mol. The van der Waals surface area contributed by atoms with Gasteiger partial charge in [-0.3, -0.25) is 9.69 Å². The van der Waals surface area contributed by atoms with Gasteiger partial charge in [-0.2, -0.15) is 0 Å². The molecule has 33 heavy (non-hydrogen) atoms. The zero-order valence-corrected chi connectivity index (χ0v) is 19.3. The molecule has 172 valence electrons. The van der Waals surface area contributed by atoms with Gasteiger partial charge in [-0.1, -0.05) is 35.9 Å². The second kappa shape index (κ2) is 9.70. The largest absolute Gasteiger partial charge is 0.460 e. The van der Waals surface area contributed by atoms with E-state index < -0.39 is 0 Å². The lowest BCUT2D eigenvalue weighted by Crippen LogP contribution is -2.56. The van der Waals surface area contributed by atoms with Crippen molar-refractivity contribution in [1.29, 1.82) is 0 Å². The zero-order chi connectivity index (χ0) is 22.8. The van der Waals surface area contributed by atoms with Crippen LogP contribution in [0.2, 0.25) is 5.02 Å². The lowest BCUT2D eigenvalue weighted by atomic mass is 9.83. The maximum absolute atomic E-state index is 13.5. The van der Waals surface area contributed by atoms with Crippen molar-refractivity contribution in [1.82, 2.24) is 9.80 Å². The van der Waals surface area contributed by atoms with Crippen molar-refractivity contribution in [3.05, 3.63) is 82.8 Å². The Morgan fingerprint density at radius 3 is 2.79 bits per heavy atom. The van der Waals surface area contributed by atoms with Crippen LogP contribution in [0.15, 0.2) is 65.1 Å². The highest BCUT2D eigenvalue weighted by molar-refractivity contribution is 6.33. The Labute approximate surface area is 198 Å². The molecule has 0 spiro atoms. The highest BCUT2D eigenvalue weighted by Gasteiger charge is 2.39. The first-order valence-corrected chi connectivity index (χ1v) is 12.0. The smallest absolute Gasteiger partial charge is 0.222 e. The number of hydrogen-bond donors (Lipinski definition) is 0. The van der Waals surface area contributed by atoms with Gasteiger partial charge in [0, 0.05) is 37.7 Å². The van der Waals surface area contributed by atoms with E-state index in [4.69, 9.17) is 16.0 Å². The van der Waals surface area contributed by atoms with Crippen LogP contribution in [0.5, 0.6) is 0 Å². The van der Waals surface area contributed by atoms with Crippen molar-refractivity contribution in [3.63, 3.8) is 0 Å². The van der Waals surface area contributed by atoms with Crippen molar-refractivity contribution >= 4 is 17.5 Å². The maximum atomic E-state index is 13.5. The molecule has 4 nitrogen and oxygen atoms in total. The highest BCUT2D eigenvalue weighted by atomic mass is 35.5. The fourth-order valence-corrected chi connectivity index (χ4v) is 5.52. The van der Waals surface area contributed by atoms with E-state index in [0.717, 1.165) is 55.1 Å². The molecule has 2 atom stereocenters. The SMILES string of the molecule is O=C1CC[C@@H]2CN(Cc3ccc(-c4ccccc4Cl)o3)CC[C@@H]2N1CCc1cccc(F)c1. The molecule has 0 saturated carbocycles. The number of amides is 1. The van der Waals surface area contributed by atoms with Gasteiger partial charge in [0.25, 0.3) is 0 Å². The van der Waals surface area contributed by atoms with E-state index in [1.54, 1.807) is 12.1 Å². The Bertz CT molecular complexity index is 1130. The highest BCUT2D eigenvalue weighted by Crippen LogP contribution is 2.33. The third-order valence-corrected chi connectivity index (χ3v) is 7.27. The molecule has 1 aromatic heterocycles. The minimum atomic E-state index is -0.223. The Morgan fingerprint density at radius 1 is 1.06 bits per heavy atom. The van der Waals surface area contributed by atoms with Gasteiger partial charge >= 0.3 is 0 Å². The van der Waals surface area contributed by atoms with Crippen molar-refractivity contribution in [3.8, 4) is 11.3 Å². The summed E-state index contributed by atoms with van der Waals surface area (Å²) in [6.07, 6.45) is 3.17.